The van der Waals surface area contributed by atoms with Gasteiger partial charge < -0.3 is 9.47 Å². The highest BCUT2D eigenvalue weighted by Crippen LogP contribution is 2.32. The third-order valence-electron chi connectivity index (χ3n) is 5.22. The third kappa shape index (κ3) is 6.07. The number of para-hydroxylation sites is 1. The Morgan fingerprint density at radius 3 is 2.51 bits per heavy atom. The van der Waals surface area contributed by atoms with Crippen LogP contribution in [-0.2, 0) is 11.4 Å². The average molecular weight is 491 g/mol. The quantitative estimate of drug-likeness (QED) is 0.219. The SMILES string of the molecule is Cc1ccc(OCCN2C(=O)S/C(=C\c3cccc(OCc4ccccc4[N+](=O)[O-])c3)C2=O)cc1. The number of nitrogens with zero attached hydrogens (tertiary/aromatic N) is 2. The van der Waals surface area contributed by atoms with E-state index < -0.39 is 4.92 Å². The number of amides is 2. The van der Waals surface area contributed by atoms with Crippen molar-refractivity contribution in [2.24, 2.45) is 0 Å². The largest absolute Gasteiger partial charge is 0.492 e. The molecule has 35 heavy (non-hydrogen) atoms. The number of hydrogen-bond donors (Lipinski definition) is 0. The molecular formula is C26H22N2O6S. The van der Waals surface area contributed by atoms with E-state index in [2.05, 4.69) is 0 Å². The third-order valence-corrected chi connectivity index (χ3v) is 6.12. The highest BCUT2D eigenvalue weighted by molar-refractivity contribution is 8.18. The van der Waals surface area contributed by atoms with Gasteiger partial charge in [0, 0.05) is 6.07 Å². The molecule has 0 bridgehead atoms. The van der Waals surface area contributed by atoms with E-state index in [0.29, 0.717) is 27.5 Å². The summed E-state index contributed by atoms with van der Waals surface area (Å²) in [7, 11) is 0. The van der Waals surface area contributed by atoms with Gasteiger partial charge in [-0.2, -0.15) is 0 Å². The molecule has 8 nitrogen and oxygen atoms in total. The van der Waals surface area contributed by atoms with Crippen LogP contribution in [0.3, 0.4) is 0 Å². The predicted octanol–water partition coefficient (Wildman–Crippen LogP) is 5.60. The Kier molecular flexibility index (Phi) is 7.47. The number of carbonyl (C=O) groups is 2. The molecule has 1 fully saturated rings. The van der Waals surface area contributed by atoms with E-state index in [9.17, 15) is 19.7 Å². The van der Waals surface area contributed by atoms with E-state index in [1.165, 1.54) is 11.0 Å². The maximum atomic E-state index is 12.8. The van der Waals surface area contributed by atoms with Crippen LogP contribution in [-0.4, -0.2) is 34.1 Å². The van der Waals surface area contributed by atoms with Gasteiger partial charge in [-0.1, -0.05) is 42.0 Å². The summed E-state index contributed by atoms with van der Waals surface area (Å²) < 4.78 is 11.4. The van der Waals surface area contributed by atoms with Crippen LogP contribution in [0.15, 0.2) is 77.7 Å². The van der Waals surface area contributed by atoms with Crippen molar-refractivity contribution in [1.29, 1.82) is 0 Å². The molecule has 1 aliphatic rings. The van der Waals surface area contributed by atoms with E-state index in [-0.39, 0.29) is 36.6 Å². The van der Waals surface area contributed by atoms with E-state index >= 15 is 0 Å². The van der Waals surface area contributed by atoms with Crippen LogP contribution >= 0.6 is 11.8 Å². The Hall–Kier alpha value is -4.11. The summed E-state index contributed by atoms with van der Waals surface area (Å²) >= 11 is 0.873. The molecule has 0 N–H and O–H groups in total. The molecule has 0 unspecified atom stereocenters. The van der Waals surface area contributed by atoms with Crippen molar-refractivity contribution in [2.45, 2.75) is 13.5 Å². The van der Waals surface area contributed by atoms with Crippen LogP contribution < -0.4 is 9.47 Å². The normalized spacial score (nSPS) is 14.4. The summed E-state index contributed by atoms with van der Waals surface area (Å²) in [6.07, 6.45) is 1.63. The molecule has 3 aromatic carbocycles. The smallest absolute Gasteiger partial charge is 0.293 e. The lowest BCUT2D eigenvalue weighted by Crippen LogP contribution is -2.32. The second kappa shape index (κ2) is 10.9. The fourth-order valence-electron chi connectivity index (χ4n) is 3.40. The fraction of sp³-hybridized carbons (Fsp3) is 0.154. The van der Waals surface area contributed by atoms with Crippen LogP contribution in [0.1, 0.15) is 16.7 Å². The van der Waals surface area contributed by atoms with Gasteiger partial charge in [-0.25, -0.2) is 0 Å². The lowest BCUT2D eigenvalue weighted by atomic mass is 10.2. The Labute approximate surface area is 206 Å². The Balaban J connectivity index is 1.38. The molecule has 0 atom stereocenters. The number of nitro benzene ring substituents is 1. The first-order valence-electron chi connectivity index (χ1n) is 10.8. The van der Waals surface area contributed by atoms with Crippen LogP contribution in [0.4, 0.5) is 10.5 Å². The molecule has 0 radical (unpaired) electrons. The molecule has 1 saturated heterocycles. The number of aryl methyl sites for hydroxylation is 1. The Morgan fingerprint density at radius 2 is 1.74 bits per heavy atom. The van der Waals surface area contributed by atoms with Gasteiger partial charge in [-0.05, 0) is 60.7 Å². The van der Waals surface area contributed by atoms with Gasteiger partial charge in [0.1, 0.15) is 24.7 Å². The predicted molar refractivity (Wildman–Crippen MR) is 133 cm³/mol. The number of rotatable bonds is 9. The number of benzene rings is 3. The van der Waals surface area contributed by atoms with Crippen molar-refractivity contribution >= 4 is 34.7 Å². The van der Waals surface area contributed by atoms with Gasteiger partial charge in [0.25, 0.3) is 16.8 Å². The first-order valence-corrected chi connectivity index (χ1v) is 11.6. The number of carbonyl (C=O) groups excluding carboxylic acids is 2. The summed E-state index contributed by atoms with van der Waals surface area (Å²) in [6.45, 7) is 2.35. The molecule has 4 rings (SSSR count). The van der Waals surface area contributed by atoms with Crippen molar-refractivity contribution < 1.29 is 24.0 Å². The maximum absolute atomic E-state index is 12.8. The minimum atomic E-state index is -0.447. The van der Waals surface area contributed by atoms with E-state index in [1.54, 1.807) is 48.5 Å². The average Bonchev–Trinajstić information content (AvgIpc) is 3.11. The maximum Gasteiger partial charge on any atom is 0.293 e. The molecule has 1 heterocycles. The van der Waals surface area contributed by atoms with Gasteiger partial charge in [0.05, 0.1) is 21.9 Å². The minimum absolute atomic E-state index is 0.0105. The highest BCUT2D eigenvalue weighted by atomic mass is 32.2. The second-order valence-electron chi connectivity index (χ2n) is 7.74. The number of hydrogen-bond acceptors (Lipinski definition) is 7. The van der Waals surface area contributed by atoms with Crippen LogP contribution in [0.25, 0.3) is 6.08 Å². The molecule has 0 aromatic heterocycles. The van der Waals surface area contributed by atoms with Gasteiger partial charge in [-0.3, -0.25) is 24.6 Å². The van der Waals surface area contributed by atoms with E-state index in [0.717, 1.165) is 17.3 Å². The zero-order chi connectivity index (χ0) is 24.8. The van der Waals surface area contributed by atoms with E-state index in [1.807, 2.05) is 31.2 Å². The number of nitro groups is 1. The van der Waals surface area contributed by atoms with Crippen LogP contribution in [0.2, 0.25) is 0 Å². The van der Waals surface area contributed by atoms with Gasteiger partial charge in [-0.15, -0.1) is 0 Å². The zero-order valence-corrected chi connectivity index (χ0v) is 19.7. The lowest BCUT2D eigenvalue weighted by molar-refractivity contribution is -0.385. The molecule has 178 valence electrons. The minimum Gasteiger partial charge on any atom is -0.492 e. The molecule has 3 aromatic rings. The first-order chi connectivity index (χ1) is 16.9. The molecule has 0 saturated carbocycles. The standard InChI is InChI=1S/C26H22N2O6S/c1-18-9-11-21(12-10-18)33-14-13-27-25(29)24(35-26(27)30)16-19-5-4-7-22(15-19)34-17-20-6-2-3-8-23(20)28(31)32/h2-12,15-16H,13-14,17H2,1H3/b24-16-. The van der Waals surface area contributed by atoms with Crippen molar-refractivity contribution in [3.8, 4) is 11.5 Å². The van der Waals surface area contributed by atoms with Crippen molar-refractivity contribution in [3.05, 3.63) is 105 Å². The zero-order valence-electron chi connectivity index (χ0n) is 18.9. The summed E-state index contributed by atoms with van der Waals surface area (Å²) in [5, 5.41) is 10.8. The molecule has 2 amide bonds. The molecule has 1 aliphatic heterocycles. The summed E-state index contributed by atoms with van der Waals surface area (Å²) in [4.78, 5) is 37.4. The van der Waals surface area contributed by atoms with Crippen LogP contribution in [0, 0.1) is 17.0 Å². The van der Waals surface area contributed by atoms with Gasteiger partial charge in [0.15, 0.2) is 0 Å². The second-order valence-corrected chi connectivity index (χ2v) is 8.74. The fourth-order valence-corrected chi connectivity index (χ4v) is 4.26. The molecule has 0 spiro atoms. The number of ether oxygens (including phenoxy) is 2. The van der Waals surface area contributed by atoms with Crippen molar-refractivity contribution in [3.63, 3.8) is 0 Å². The number of imide groups is 1. The first kappa shape index (κ1) is 24.0. The van der Waals surface area contributed by atoms with Crippen molar-refractivity contribution in [1.82, 2.24) is 4.90 Å². The Morgan fingerprint density at radius 1 is 0.971 bits per heavy atom. The summed E-state index contributed by atoms with van der Waals surface area (Å²) in [5.74, 6) is 0.789. The van der Waals surface area contributed by atoms with E-state index in [4.69, 9.17) is 9.47 Å². The monoisotopic (exact) mass is 490 g/mol. The topological polar surface area (TPSA) is 99.0 Å². The number of thioether (sulfide) groups is 1. The summed E-state index contributed by atoms with van der Waals surface area (Å²) in [6, 6.07) is 20.9. The molecule has 0 aliphatic carbocycles. The van der Waals surface area contributed by atoms with Crippen LogP contribution in [0.5, 0.6) is 11.5 Å². The molecular weight excluding hydrogens is 468 g/mol. The molecule has 9 heteroatoms. The summed E-state index contributed by atoms with van der Waals surface area (Å²) in [5.41, 5.74) is 2.23. The Bertz CT molecular complexity index is 1290. The lowest BCUT2D eigenvalue weighted by Gasteiger charge is -2.13. The van der Waals surface area contributed by atoms with Gasteiger partial charge >= 0.3 is 0 Å². The van der Waals surface area contributed by atoms with Gasteiger partial charge in [0.2, 0.25) is 0 Å². The van der Waals surface area contributed by atoms with Crippen molar-refractivity contribution in [2.75, 3.05) is 13.2 Å². The highest BCUT2D eigenvalue weighted by Gasteiger charge is 2.34.